The lowest BCUT2D eigenvalue weighted by molar-refractivity contribution is -0.140. The molecule has 1 amide bonds. The topological polar surface area (TPSA) is 117 Å². The average molecular weight is 510 g/mol. The molecule has 0 bridgehead atoms. The van der Waals surface area contributed by atoms with E-state index in [9.17, 15) is 9.59 Å². The zero-order valence-electron chi connectivity index (χ0n) is 20.4. The largest absolute Gasteiger partial charge is 0.497 e. The predicted molar refractivity (Wildman–Crippen MR) is 136 cm³/mol. The highest BCUT2D eigenvalue weighted by Gasteiger charge is 2.34. The van der Waals surface area contributed by atoms with Crippen LogP contribution in [0, 0.1) is 0 Å². The van der Waals surface area contributed by atoms with Gasteiger partial charge in [0.05, 0.1) is 33.3 Å². The molecule has 1 aromatic heterocycles. The third-order valence-corrected chi connectivity index (χ3v) is 6.44. The first-order valence-corrected chi connectivity index (χ1v) is 12.2. The first kappa shape index (κ1) is 25.1. The third kappa shape index (κ3) is 5.46. The van der Waals surface area contributed by atoms with Crippen LogP contribution in [0.2, 0.25) is 0 Å². The van der Waals surface area contributed by atoms with Crippen molar-refractivity contribution in [2.45, 2.75) is 24.5 Å². The second-order valence-electron chi connectivity index (χ2n) is 7.86. The van der Waals surface area contributed by atoms with Crippen molar-refractivity contribution in [1.82, 2.24) is 14.8 Å². The Hall–Kier alpha value is -3.99. The van der Waals surface area contributed by atoms with E-state index < -0.39 is 6.04 Å². The van der Waals surface area contributed by atoms with E-state index in [1.54, 1.807) is 43.2 Å². The summed E-state index contributed by atoms with van der Waals surface area (Å²) < 4.78 is 17.0. The number of hydrogen-bond donors (Lipinski definition) is 2. The van der Waals surface area contributed by atoms with Gasteiger partial charge in [-0.25, -0.2) is 4.68 Å². The van der Waals surface area contributed by atoms with Gasteiger partial charge in [0.1, 0.15) is 17.5 Å². The van der Waals surface area contributed by atoms with Crippen LogP contribution in [-0.4, -0.2) is 53.7 Å². The number of aromatic nitrogens is 3. The summed E-state index contributed by atoms with van der Waals surface area (Å²) in [5.41, 5.74) is 2.59. The van der Waals surface area contributed by atoms with Crippen LogP contribution in [-0.2, 0) is 14.3 Å². The maximum absolute atomic E-state index is 13.6. The molecule has 1 aliphatic heterocycles. The third-order valence-electron chi connectivity index (χ3n) is 5.60. The molecule has 0 saturated carbocycles. The lowest BCUT2D eigenvalue weighted by Crippen LogP contribution is -2.31. The fourth-order valence-electron chi connectivity index (χ4n) is 3.81. The van der Waals surface area contributed by atoms with Crippen LogP contribution in [0.15, 0.2) is 65.0 Å². The van der Waals surface area contributed by atoms with E-state index in [1.807, 2.05) is 31.2 Å². The Bertz CT molecular complexity index is 1290. The molecule has 1 unspecified atom stereocenters. The van der Waals surface area contributed by atoms with Crippen molar-refractivity contribution in [3.05, 3.63) is 65.4 Å². The summed E-state index contributed by atoms with van der Waals surface area (Å²) in [6, 6.07) is 14.1. The van der Waals surface area contributed by atoms with Gasteiger partial charge in [-0.05, 0) is 48.9 Å². The molecule has 0 spiro atoms. The van der Waals surface area contributed by atoms with Crippen molar-refractivity contribution >= 4 is 35.3 Å². The highest BCUT2D eigenvalue weighted by molar-refractivity contribution is 7.99. The van der Waals surface area contributed by atoms with Crippen molar-refractivity contribution in [2.24, 2.45) is 0 Å². The smallest absolute Gasteiger partial charge is 0.306 e. The molecule has 10 nitrogen and oxygen atoms in total. The molecule has 0 radical (unpaired) electrons. The molecule has 1 aliphatic rings. The van der Waals surface area contributed by atoms with Crippen LogP contribution in [0.25, 0.3) is 0 Å². The number of thioether (sulfide) groups is 1. The summed E-state index contributed by atoms with van der Waals surface area (Å²) in [5.74, 6) is 1.75. The second kappa shape index (κ2) is 11.2. The summed E-state index contributed by atoms with van der Waals surface area (Å²) in [6.07, 6.45) is 0.241. The molecule has 0 aliphatic carbocycles. The number of esters is 1. The highest BCUT2D eigenvalue weighted by atomic mass is 32.2. The minimum atomic E-state index is -0.558. The maximum atomic E-state index is 13.6. The minimum absolute atomic E-state index is 0.241. The predicted octanol–water partition coefficient (Wildman–Crippen LogP) is 3.88. The van der Waals surface area contributed by atoms with Gasteiger partial charge in [0.25, 0.3) is 5.91 Å². The van der Waals surface area contributed by atoms with Crippen LogP contribution in [0.1, 0.15) is 24.9 Å². The number of rotatable bonds is 9. The van der Waals surface area contributed by atoms with Crippen LogP contribution in [0.5, 0.6) is 11.5 Å². The second-order valence-corrected chi connectivity index (χ2v) is 8.92. The summed E-state index contributed by atoms with van der Waals surface area (Å²) >= 11 is 1.34. The Kier molecular flexibility index (Phi) is 7.79. The number of carbonyl (C=O) groups excluding carboxylic acids is 2. The molecule has 11 heteroatoms. The number of carbonyl (C=O) groups is 2. The van der Waals surface area contributed by atoms with E-state index in [0.717, 1.165) is 5.56 Å². The van der Waals surface area contributed by atoms with E-state index in [1.165, 1.54) is 18.9 Å². The molecule has 0 saturated heterocycles. The molecule has 3 aromatic rings. The number of nitrogens with one attached hydrogen (secondary N) is 2. The summed E-state index contributed by atoms with van der Waals surface area (Å²) in [4.78, 5) is 29.6. The Balaban J connectivity index is 1.68. The average Bonchev–Trinajstić information content (AvgIpc) is 3.30. The maximum Gasteiger partial charge on any atom is 0.306 e. The van der Waals surface area contributed by atoms with E-state index in [4.69, 9.17) is 14.2 Å². The van der Waals surface area contributed by atoms with Gasteiger partial charge in [-0.1, -0.05) is 23.9 Å². The fraction of sp³-hybridized carbons (Fsp3) is 0.280. The van der Waals surface area contributed by atoms with Gasteiger partial charge in [0, 0.05) is 17.1 Å². The number of amides is 1. The van der Waals surface area contributed by atoms with E-state index >= 15 is 0 Å². The first-order valence-electron chi connectivity index (χ1n) is 11.2. The van der Waals surface area contributed by atoms with Gasteiger partial charge in [0.2, 0.25) is 11.1 Å². The molecule has 2 aromatic carbocycles. The number of fused-ring (bicyclic) bond motifs is 1. The van der Waals surface area contributed by atoms with Crippen molar-refractivity contribution in [3.8, 4) is 11.5 Å². The molecule has 2 N–H and O–H groups in total. The monoisotopic (exact) mass is 509 g/mol. The van der Waals surface area contributed by atoms with E-state index in [2.05, 4.69) is 20.7 Å². The Morgan fingerprint density at radius 2 is 1.83 bits per heavy atom. The van der Waals surface area contributed by atoms with Crippen LogP contribution in [0.3, 0.4) is 0 Å². The zero-order valence-corrected chi connectivity index (χ0v) is 21.2. The summed E-state index contributed by atoms with van der Waals surface area (Å²) in [7, 11) is 4.54. The molecular formula is C25H27N5O5S. The number of hydrogen-bond acceptors (Lipinski definition) is 9. The number of ether oxygens (including phenoxy) is 3. The van der Waals surface area contributed by atoms with Crippen LogP contribution >= 0.6 is 11.8 Å². The highest BCUT2D eigenvalue weighted by Crippen LogP contribution is 2.37. The molecule has 0 fully saturated rings. The first-order chi connectivity index (χ1) is 17.4. The van der Waals surface area contributed by atoms with Crippen LogP contribution < -0.4 is 20.1 Å². The van der Waals surface area contributed by atoms with Crippen LogP contribution in [0.4, 0.5) is 11.6 Å². The molecule has 36 heavy (non-hydrogen) atoms. The normalized spacial score (nSPS) is 14.5. The van der Waals surface area contributed by atoms with Gasteiger partial charge >= 0.3 is 5.97 Å². The van der Waals surface area contributed by atoms with Gasteiger partial charge in [0.15, 0.2) is 0 Å². The number of nitrogens with zero attached hydrogens (tertiary/aromatic N) is 3. The van der Waals surface area contributed by atoms with Crippen molar-refractivity contribution in [1.29, 1.82) is 0 Å². The molecular weight excluding hydrogens is 482 g/mol. The number of allylic oxidation sites excluding steroid dienone is 1. The lowest BCUT2D eigenvalue weighted by Gasteiger charge is -2.28. The summed E-state index contributed by atoms with van der Waals surface area (Å²) in [6.45, 7) is 1.83. The minimum Gasteiger partial charge on any atom is -0.497 e. The Morgan fingerprint density at radius 3 is 2.53 bits per heavy atom. The van der Waals surface area contributed by atoms with Gasteiger partial charge in [-0.2, -0.15) is 4.98 Å². The quantitative estimate of drug-likeness (QED) is 0.327. The van der Waals surface area contributed by atoms with E-state index in [-0.39, 0.29) is 18.3 Å². The van der Waals surface area contributed by atoms with Gasteiger partial charge < -0.3 is 24.8 Å². The van der Waals surface area contributed by atoms with Crippen molar-refractivity contribution < 1.29 is 23.8 Å². The number of methoxy groups -OCH3 is 3. The summed E-state index contributed by atoms with van der Waals surface area (Å²) in [5, 5.41) is 11.3. The Labute approximate surface area is 213 Å². The molecule has 1 atom stereocenters. The van der Waals surface area contributed by atoms with Crippen molar-refractivity contribution in [2.75, 3.05) is 37.7 Å². The fourth-order valence-corrected chi connectivity index (χ4v) is 4.55. The van der Waals surface area contributed by atoms with Gasteiger partial charge in [-0.3, -0.25) is 9.59 Å². The lowest BCUT2D eigenvalue weighted by atomic mass is 9.95. The Morgan fingerprint density at radius 1 is 1.08 bits per heavy atom. The number of benzene rings is 2. The standard InChI is InChI=1S/C25H27N5O5S/c1-15-21(23(32)27-17-8-10-18(33-2)11-9-17)22(16-6-5-7-19(14-16)34-3)30-24(26-15)28-25(29-30)36-13-12-20(31)35-4/h5-11,14,22H,12-13H2,1-4H3,(H,27,32)(H,26,28,29). The van der Waals surface area contributed by atoms with Crippen molar-refractivity contribution in [3.63, 3.8) is 0 Å². The van der Waals surface area contributed by atoms with E-state index in [0.29, 0.717) is 45.3 Å². The molecule has 2 heterocycles. The molecule has 188 valence electrons. The SMILES string of the molecule is COC(=O)CCSc1nc2n(n1)C(c1cccc(OC)c1)C(C(=O)Nc1ccc(OC)cc1)=C(C)N2. The molecule has 4 rings (SSSR count). The number of anilines is 2. The zero-order chi connectivity index (χ0) is 25.7. The van der Waals surface area contributed by atoms with Gasteiger partial charge in [-0.15, -0.1) is 5.10 Å².